The highest BCUT2D eigenvalue weighted by molar-refractivity contribution is 5.82. The van der Waals surface area contributed by atoms with Crippen LogP contribution < -0.4 is 11.1 Å². The summed E-state index contributed by atoms with van der Waals surface area (Å²) in [5.41, 5.74) is 5.23. The minimum absolute atomic E-state index is 0.0666. The second kappa shape index (κ2) is 5.64. The van der Waals surface area contributed by atoms with Crippen molar-refractivity contribution in [3.05, 3.63) is 0 Å². The monoisotopic (exact) mass is 228 g/mol. The van der Waals surface area contributed by atoms with E-state index in [1.807, 2.05) is 20.8 Å². The maximum absolute atomic E-state index is 12.1. The van der Waals surface area contributed by atoms with Gasteiger partial charge < -0.3 is 15.8 Å². The molecule has 1 saturated heterocycles. The van der Waals surface area contributed by atoms with Crippen LogP contribution in [0.2, 0.25) is 0 Å². The van der Waals surface area contributed by atoms with Crippen molar-refractivity contribution >= 4 is 5.91 Å². The number of carbonyl (C=O) groups excluding carboxylic acids is 1. The van der Waals surface area contributed by atoms with Gasteiger partial charge in [-0.15, -0.1) is 0 Å². The lowest BCUT2D eigenvalue weighted by Gasteiger charge is -2.29. The van der Waals surface area contributed by atoms with Gasteiger partial charge in [-0.25, -0.2) is 0 Å². The highest BCUT2D eigenvalue weighted by atomic mass is 16.5. The van der Waals surface area contributed by atoms with Gasteiger partial charge in [0, 0.05) is 25.1 Å². The lowest BCUT2D eigenvalue weighted by atomic mass is 9.86. The Kier molecular flexibility index (Phi) is 4.74. The number of rotatable bonds is 5. The Labute approximate surface area is 97.9 Å². The van der Waals surface area contributed by atoms with E-state index in [-0.39, 0.29) is 11.9 Å². The fourth-order valence-corrected chi connectivity index (χ4v) is 1.84. The summed E-state index contributed by atoms with van der Waals surface area (Å²) in [6.45, 7) is 7.92. The predicted molar refractivity (Wildman–Crippen MR) is 64.0 cm³/mol. The molecule has 3 unspecified atom stereocenters. The molecule has 0 bridgehead atoms. The smallest absolute Gasteiger partial charge is 0.227 e. The summed E-state index contributed by atoms with van der Waals surface area (Å²) in [5, 5.41) is 3.07. The molecule has 1 rings (SSSR count). The summed E-state index contributed by atoms with van der Waals surface area (Å²) in [7, 11) is 0. The molecule has 94 valence electrons. The molecule has 0 radical (unpaired) electrons. The van der Waals surface area contributed by atoms with Crippen LogP contribution in [0.25, 0.3) is 0 Å². The molecule has 0 aromatic heterocycles. The van der Waals surface area contributed by atoms with Gasteiger partial charge in [0.15, 0.2) is 0 Å². The first-order valence-electron chi connectivity index (χ1n) is 6.12. The van der Waals surface area contributed by atoms with Crippen LogP contribution in [0.1, 0.15) is 33.6 Å². The zero-order valence-electron chi connectivity index (χ0n) is 10.6. The van der Waals surface area contributed by atoms with Crippen LogP contribution in [0.4, 0.5) is 0 Å². The Morgan fingerprint density at radius 3 is 2.81 bits per heavy atom. The van der Waals surface area contributed by atoms with Crippen molar-refractivity contribution in [2.45, 2.75) is 39.7 Å². The molecule has 0 saturated carbocycles. The van der Waals surface area contributed by atoms with E-state index in [1.165, 1.54) is 0 Å². The van der Waals surface area contributed by atoms with Gasteiger partial charge in [0.05, 0.1) is 12.0 Å². The van der Waals surface area contributed by atoms with E-state index < -0.39 is 5.41 Å². The minimum atomic E-state index is -0.437. The summed E-state index contributed by atoms with van der Waals surface area (Å²) in [6.07, 6.45) is 1.80. The molecule has 0 spiro atoms. The Hall–Kier alpha value is -0.610. The van der Waals surface area contributed by atoms with E-state index in [0.29, 0.717) is 12.5 Å². The number of hydrogen-bond acceptors (Lipinski definition) is 3. The molecule has 0 aliphatic carbocycles. The maximum Gasteiger partial charge on any atom is 0.227 e. The lowest BCUT2D eigenvalue weighted by molar-refractivity contribution is -0.130. The number of nitrogens with two attached hydrogens (primary N) is 1. The molecule has 3 N–H and O–H groups in total. The van der Waals surface area contributed by atoms with Gasteiger partial charge in [0.1, 0.15) is 0 Å². The first kappa shape index (κ1) is 13.5. The SMILES string of the molecule is CCC(C)(CN)C(=O)NC(C)C1CCOC1. The molecule has 3 atom stereocenters. The van der Waals surface area contributed by atoms with Crippen molar-refractivity contribution in [2.24, 2.45) is 17.1 Å². The molecule has 4 heteroatoms. The van der Waals surface area contributed by atoms with Crippen LogP contribution in [-0.2, 0) is 9.53 Å². The Balaban J connectivity index is 2.49. The molecule has 0 aromatic carbocycles. The number of amides is 1. The predicted octanol–water partition coefficient (Wildman–Crippen LogP) is 0.903. The van der Waals surface area contributed by atoms with E-state index in [0.717, 1.165) is 26.1 Å². The minimum Gasteiger partial charge on any atom is -0.381 e. The Morgan fingerprint density at radius 1 is 1.69 bits per heavy atom. The van der Waals surface area contributed by atoms with Crippen LogP contribution >= 0.6 is 0 Å². The van der Waals surface area contributed by atoms with E-state index in [1.54, 1.807) is 0 Å². The topological polar surface area (TPSA) is 64.4 Å². The van der Waals surface area contributed by atoms with E-state index in [2.05, 4.69) is 5.32 Å². The van der Waals surface area contributed by atoms with Gasteiger partial charge in [-0.2, -0.15) is 0 Å². The highest BCUT2D eigenvalue weighted by Crippen LogP contribution is 2.22. The van der Waals surface area contributed by atoms with Gasteiger partial charge in [-0.1, -0.05) is 6.92 Å². The van der Waals surface area contributed by atoms with Gasteiger partial charge in [-0.3, -0.25) is 4.79 Å². The molecule has 1 fully saturated rings. The van der Waals surface area contributed by atoms with Gasteiger partial charge in [0.2, 0.25) is 5.91 Å². The van der Waals surface area contributed by atoms with Gasteiger partial charge in [-0.05, 0) is 26.7 Å². The molecule has 1 amide bonds. The number of hydrogen-bond donors (Lipinski definition) is 2. The number of nitrogens with one attached hydrogen (secondary N) is 1. The van der Waals surface area contributed by atoms with E-state index in [9.17, 15) is 4.79 Å². The average Bonchev–Trinajstić information content (AvgIpc) is 2.81. The standard InChI is InChI=1S/C12H24N2O2/c1-4-12(3,8-13)11(15)14-9(2)10-5-6-16-7-10/h9-10H,4-8,13H2,1-3H3,(H,14,15). The van der Waals surface area contributed by atoms with Crippen molar-refractivity contribution in [2.75, 3.05) is 19.8 Å². The molecule has 16 heavy (non-hydrogen) atoms. The summed E-state index contributed by atoms with van der Waals surface area (Å²) in [4.78, 5) is 12.1. The van der Waals surface area contributed by atoms with E-state index in [4.69, 9.17) is 10.5 Å². The molecular formula is C12H24N2O2. The van der Waals surface area contributed by atoms with Crippen molar-refractivity contribution in [3.8, 4) is 0 Å². The third-order valence-electron chi connectivity index (χ3n) is 3.81. The highest BCUT2D eigenvalue weighted by Gasteiger charge is 2.32. The normalized spacial score (nSPS) is 26.1. The Morgan fingerprint density at radius 2 is 2.38 bits per heavy atom. The van der Waals surface area contributed by atoms with Crippen molar-refractivity contribution < 1.29 is 9.53 Å². The van der Waals surface area contributed by atoms with Crippen LogP contribution in [0.5, 0.6) is 0 Å². The molecule has 0 aromatic rings. The number of ether oxygens (including phenoxy) is 1. The quantitative estimate of drug-likeness (QED) is 0.735. The summed E-state index contributed by atoms with van der Waals surface area (Å²) in [6, 6.07) is 0.174. The largest absolute Gasteiger partial charge is 0.381 e. The maximum atomic E-state index is 12.1. The van der Waals surface area contributed by atoms with Crippen molar-refractivity contribution in [1.82, 2.24) is 5.32 Å². The van der Waals surface area contributed by atoms with Crippen LogP contribution in [0, 0.1) is 11.3 Å². The molecule has 1 aliphatic rings. The number of carbonyl (C=O) groups is 1. The van der Waals surface area contributed by atoms with Gasteiger partial charge in [0.25, 0.3) is 0 Å². The van der Waals surface area contributed by atoms with Gasteiger partial charge >= 0.3 is 0 Å². The molecular weight excluding hydrogens is 204 g/mol. The van der Waals surface area contributed by atoms with Crippen LogP contribution in [-0.4, -0.2) is 31.7 Å². The summed E-state index contributed by atoms with van der Waals surface area (Å²) < 4.78 is 5.32. The first-order chi connectivity index (χ1) is 7.53. The second-order valence-electron chi connectivity index (χ2n) is 5.00. The summed E-state index contributed by atoms with van der Waals surface area (Å²) in [5.74, 6) is 0.514. The van der Waals surface area contributed by atoms with E-state index >= 15 is 0 Å². The molecule has 1 aliphatic heterocycles. The third-order valence-corrected chi connectivity index (χ3v) is 3.81. The molecule has 4 nitrogen and oxygen atoms in total. The molecule has 1 heterocycles. The summed E-state index contributed by atoms with van der Waals surface area (Å²) >= 11 is 0. The Bertz CT molecular complexity index is 233. The zero-order valence-corrected chi connectivity index (χ0v) is 10.6. The second-order valence-corrected chi connectivity index (χ2v) is 5.00. The van der Waals surface area contributed by atoms with Crippen molar-refractivity contribution in [3.63, 3.8) is 0 Å². The fourth-order valence-electron chi connectivity index (χ4n) is 1.84. The van der Waals surface area contributed by atoms with Crippen LogP contribution in [0.3, 0.4) is 0 Å². The first-order valence-corrected chi connectivity index (χ1v) is 6.12. The fraction of sp³-hybridized carbons (Fsp3) is 0.917. The zero-order chi connectivity index (χ0) is 12.2. The van der Waals surface area contributed by atoms with Crippen LogP contribution in [0.15, 0.2) is 0 Å². The van der Waals surface area contributed by atoms with Crippen molar-refractivity contribution in [1.29, 1.82) is 0 Å². The lowest BCUT2D eigenvalue weighted by Crippen LogP contribution is -2.48. The third kappa shape index (κ3) is 2.95. The average molecular weight is 228 g/mol.